The molecule has 0 aromatic heterocycles. The van der Waals surface area contributed by atoms with Crippen molar-refractivity contribution >= 4 is 17.5 Å². The van der Waals surface area contributed by atoms with Gasteiger partial charge in [-0.3, -0.25) is 9.69 Å². The highest BCUT2D eigenvalue weighted by atomic mass is 35.5. The molecule has 2 rings (SSSR count). The number of nitrogens with zero attached hydrogens (tertiary/aromatic N) is 1. The fraction of sp³-hybridized carbons (Fsp3) is 0.533. The van der Waals surface area contributed by atoms with Crippen LogP contribution in [0.25, 0.3) is 0 Å². The second-order valence-electron chi connectivity index (χ2n) is 5.36. The molecule has 1 amide bonds. The molecule has 0 saturated carbocycles. The molecule has 1 aromatic rings. The number of hydrogen-bond donors (Lipinski definition) is 1. The lowest BCUT2D eigenvalue weighted by Crippen LogP contribution is -2.49. The van der Waals surface area contributed by atoms with Crippen LogP contribution < -0.4 is 5.32 Å². The van der Waals surface area contributed by atoms with Gasteiger partial charge in [0.25, 0.3) is 0 Å². The zero-order valence-electron chi connectivity index (χ0n) is 11.9. The van der Waals surface area contributed by atoms with E-state index in [2.05, 4.69) is 10.2 Å². The lowest BCUT2D eigenvalue weighted by atomic mass is 10.2. The molecule has 1 saturated heterocycles. The van der Waals surface area contributed by atoms with Crippen LogP contribution in [0, 0.1) is 0 Å². The molecule has 0 radical (unpaired) electrons. The molecule has 0 bridgehead atoms. The Labute approximate surface area is 125 Å². The summed E-state index contributed by atoms with van der Waals surface area (Å²) >= 11 is 5.91. The summed E-state index contributed by atoms with van der Waals surface area (Å²) in [7, 11) is 0. The van der Waals surface area contributed by atoms with Gasteiger partial charge in [0.15, 0.2) is 0 Å². The van der Waals surface area contributed by atoms with Crippen LogP contribution in [0.1, 0.15) is 19.4 Å². The molecule has 110 valence electrons. The van der Waals surface area contributed by atoms with Crippen molar-refractivity contribution in [2.45, 2.75) is 32.6 Å². The van der Waals surface area contributed by atoms with E-state index in [1.807, 2.05) is 38.1 Å². The zero-order valence-corrected chi connectivity index (χ0v) is 12.7. The van der Waals surface area contributed by atoms with Crippen LogP contribution in [0.5, 0.6) is 0 Å². The van der Waals surface area contributed by atoms with Crippen LogP contribution >= 0.6 is 11.6 Å². The first-order chi connectivity index (χ1) is 9.52. The molecule has 0 aliphatic carbocycles. The number of carbonyl (C=O) groups is 1. The van der Waals surface area contributed by atoms with Crippen LogP contribution in [0.4, 0.5) is 0 Å². The van der Waals surface area contributed by atoms with Crippen molar-refractivity contribution in [3.8, 4) is 0 Å². The molecular weight excluding hydrogens is 276 g/mol. The smallest absolute Gasteiger partial charge is 0.234 e. The normalized spacial score (nSPS) is 23.6. The van der Waals surface area contributed by atoms with E-state index in [1.165, 1.54) is 0 Å². The van der Waals surface area contributed by atoms with Crippen molar-refractivity contribution in [3.63, 3.8) is 0 Å². The van der Waals surface area contributed by atoms with Gasteiger partial charge in [0.2, 0.25) is 5.91 Å². The molecule has 1 aliphatic heterocycles. The Morgan fingerprint density at radius 2 is 2.10 bits per heavy atom. The summed E-state index contributed by atoms with van der Waals surface area (Å²) in [5.74, 6) is 0.0336. The summed E-state index contributed by atoms with van der Waals surface area (Å²) in [4.78, 5) is 14.1. The highest BCUT2D eigenvalue weighted by Crippen LogP contribution is 2.11. The van der Waals surface area contributed by atoms with Crippen LogP contribution in [0.2, 0.25) is 5.02 Å². The van der Waals surface area contributed by atoms with E-state index in [4.69, 9.17) is 16.3 Å². The van der Waals surface area contributed by atoms with Crippen molar-refractivity contribution in [2.75, 3.05) is 19.6 Å². The van der Waals surface area contributed by atoms with Crippen molar-refractivity contribution in [3.05, 3.63) is 34.9 Å². The van der Waals surface area contributed by atoms with Crippen LogP contribution in [0.3, 0.4) is 0 Å². The first-order valence-corrected chi connectivity index (χ1v) is 7.29. The minimum Gasteiger partial charge on any atom is -0.373 e. The Morgan fingerprint density at radius 3 is 2.75 bits per heavy atom. The summed E-state index contributed by atoms with van der Waals surface area (Å²) in [6.45, 7) is 6.59. The average Bonchev–Trinajstić information content (AvgIpc) is 2.35. The predicted octanol–water partition coefficient (Wildman–Crippen LogP) is 2.07. The molecule has 0 spiro atoms. The second kappa shape index (κ2) is 7.07. The van der Waals surface area contributed by atoms with Crippen molar-refractivity contribution in [2.24, 2.45) is 0 Å². The number of morpholine rings is 1. The largest absolute Gasteiger partial charge is 0.373 e. The molecule has 1 heterocycles. The standard InChI is InChI=1S/C15H21ClN2O2/c1-11-8-18(9-12(2)20-11)10-15(19)17-7-13-4-3-5-14(16)6-13/h3-6,11-12H,7-10H2,1-2H3,(H,17,19)/t11-,12+. The maximum absolute atomic E-state index is 12.0. The summed E-state index contributed by atoms with van der Waals surface area (Å²) in [5, 5.41) is 3.61. The minimum atomic E-state index is 0.0336. The van der Waals surface area contributed by atoms with Gasteiger partial charge in [-0.25, -0.2) is 0 Å². The SMILES string of the molecule is C[C@@H]1CN(CC(=O)NCc2cccc(Cl)c2)C[C@H](C)O1. The number of halogens is 1. The van der Waals surface area contributed by atoms with Gasteiger partial charge in [-0.1, -0.05) is 23.7 Å². The van der Waals surface area contributed by atoms with Crippen LogP contribution in [0.15, 0.2) is 24.3 Å². The van der Waals surface area contributed by atoms with Crippen molar-refractivity contribution < 1.29 is 9.53 Å². The Bertz CT molecular complexity index is 457. The predicted molar refractivity (Wildman–Crippen MR) is 79.7 cm³/mol. The monoisotopic (exact) mass is 296 g/mol. The molecule has 1 N–H and O–H groups in total. The maximum Gasteiger partial charge on any atom is 0.234 e. The molecule has 20 heavy (non-hydrogen) atoms. The van der Waals surface area contributed by atoms with Gasteiger partial charge in [-0.15, -0.1) is 0 Å². The number of carbonyl (C=O) groups excluding carboxylic acids is 1. The third kappa shape index (κ3) is 4.78. The van der Waals surface area contributed by atoms with Gasteiger partial charge in [0.1, 0.15) is 0 Å². The average molecular weight is 297 g/mol. The van der Waals surface area contributed by atoms with Crippen LogP contribution in [-0.2, 0) is 16.1 Å². The van der Waals surface area contributed by atoms with E-state index in [0.29, 0.717) is 18.1 Å². The minimum absolute atomic E-state index is 0.0336. The Morgan fingerprint density at radius 1 is 1.40 bits per heavy atom. The summed E-state index contributed by atoms with van der Waals surface area (Å²) in [5.41, 5.74) is 1.01. The summed E-state index contributed by atoms with van der Waals surface area (Å²) in [6, 6.07) is 7.52. The molecule has 1 aromatic carbocycles. The molecule has 4 nitrogen and oxygen atoms in total. The number of nitrogens with one attached hydrogen (secondary N) is 1. The van der Waals surface area contributed by atoms with Gasteiger partial charge in [0, 0.05) is 24.7 Å². The maximum atomic E-state index is 12.0. The molecule has 0 unspecified atom stereocenters. The zero-order chi connectivity index (χ0) is 14.5. The number of rotatable bonds is 4. The van der Waals surface area contributed by atoms with E-state index in [0.717, 1.165) is 18.7 Å². The number of benzene rings is 1. The second-order valence-corrected chi connectivity index (χ2v) is 5.79. The van der Waals surface area contributed by atoms with E-state index in [9.17, 15) is 4.79 Å². The van der Waals surface area contributed by atoms with Gasteiger partial charge in [-0.2, -0.15) is 0 Å². The Hall–Kier alpha value is -1.10. The quantitative estimate of drug-likeness (QED) is 0.925. The van der Waals surface area contributed by atoms with Gasteiger partial charge in [-0.05, 0) is 31.5 Å². The lowest BCUT2D eigenvalue weighted by molar-refractivity contribution is -0.126. The van der Waals surface area contributed by atoms with E-state index in [-0.39, 0.29) is 18.1 Å². The fourth-order valence-electron chi connectivity index (χ4n) is 2.52. The molecule has 1 fully saturated rings. The van der Waals surface area contributed by atoms with E-state index >= 15 is 0 Å². The van der Waals surface area contributed by atoms with Crippen LogP contribution in [-0.4, -0.2) is 42.6 Å². The van der Waals surface area contributed by atoms with Gasteiger partial charge in [0.05, 0.1) is 18.8 Å². The Kier molecular flexibility index (Phi) is 5.40. The van der Waals surface area contributed by atoms with Crippen molar-refractivity contribution in [1.29, 1.82) is 0 Å². The lowest BCUT2D eigenvalue weighted by Gasteiger charge is -2.34. The van der Waals surface area contributed by atoms with E-state index < -0.39 is 0 Å². The highest BCUT2D eigenvalue weighted by Gasteiger charge is 2.23. The molecule has 2 atom stereocenters. The summed E-state index contributed by atoms with van der Waals surface area (Å²) < 4.78 is 5.65. The molecule has 5 heteroatoms. The van der Waals surface area contributed by atoms with Gasteiger partial charge >= 0.3 is 0 Å². The number of amides is 1. The Balaban J connectivity index is 1.78. The summed E-state index contributed by atoms with van der Waals surface area (Å²) in [6.07, 6.45) is 0.360. The topological polar surface area (TPSA) is 41.6 Å². The van der Waals surface area contributed by atoms with Gasteiger partial charge < -0.3 is 10.1 Å². The molecular formula is C15H21ClN2O2. The fourth-order valence-corrected chi connectivity index (χ4v) is 2.73. The number of ether oxygens (including phenoxy) is 1. The highest BCUT2D eigenvalue weighted by molar-refractivity contribution is 6.30. The first-order valence-electron chi connectivity index (χ1n) is 6.92. The number of hydrogen-bond acceptors (Lipinski definition) is 3. The first kappa shape index (κ1) is 15.3. The van der Waals surface area contributed by atoms with Crippen molar-refractivity contribution in [1.82, 2.24) is 10.2 Å². The third-order valence-corrected chi connectivity index (χ3v) is 3.48. The van der Waals surface area contributed by atoms with E-state index in [1.54, 1.807) is 0 Å². The third-order valence-electron chi connectivity index (χ3n) is 3.24. The molecule has 1 aliphatic rings.